The maximum absolute atomic E-state index is 12.1. The van der Waals surface area contributed by atoms with Crippen LogP contribution in [-0.2, 0) is 4.79 Å². The molecular weight excluding hydrogens is 362 g/mol. The molecule has 0 atom stereocenters. The largest absolute Gasteiger partial charge is 0.353 e. The maximum Gasteiger partial charge on any atom is 0.345 e. The number of hydrogen-bond donors (Lipinski definition) is 2. The number of allylic oxidation sites excluding steroid dienone is 10. The second kappa shape index (κ2) is 14.8. The van der Waals surface area contributed by atoms with Gasteiger partial charge < -0.3 is 10.3 Å². The Bertz CT molecular complexity index is 882. The molecule has 2 N–H and O–H groups in total. The highest BCUT2D eigenvalue weighted by Crippen LogP contribution is 2.19. The Hall–Kier alpha value is -3.21. The van der Waals surface area contributed by atoms with Crippen molar-refractivity contribution in [2.45, 2.75) is 41.5 Å². The third kappa shape index (κ3) is 10.1. The summed E-state index contributed by atoms with van der Waals surface area (Å²) >= 11 is 0. The van der Waals surface area contributed by atoms with Crippen LogP contribution in [0.25, 0.3) is 11.1 Å². The fourth-order valence-corrected chi connectivity index (χ4v) is 2.29. The van der Waals surface area contributed by atoms with E-state index in [1.165, 1.54) is 6.92 Å². The molecule has 0 unspecified atom stereocenters. The van der Waals surface area contributed by atoms with Crippen LogP contribution in [0.1, 0.15) is 52.9 Å². The molecule has 1 rings (SSSR count). The van der Waals surface area contributed by atoms with E-state index in [4.69, 9.17) is 0 Å². The van der Waals surface area contributed by atoms with Gasteiger partial charge in [0.2, 0.25) is 5.91 Å². The number of hydrogen-bond acceptors (Lipinski definition) is 3. The van der Waals surface area contributed by atoms with Crippen LogP contribution in [-0.4, -0.2) is 22.4 Å². The maximum atomic E-state index is 12.1. The van der Waals surface area contributed by atoms with Crippen LogP contribution in [0.15, 0.2) is 71.6 Å². The van der Waals surface area contributed by atoms with Crippen LogP contribution in [0.5, 0.6) is 0 Å². The summed E-state index contributed by atoms with van der Waals surface area (Å²) in [4.78, 5) is 30.1. The highest BCUT2D eigenvalue weighted by atomic mass is 16.1. The first-order valence-electron chi connectivity index (χ1n) is 9.73. The molecule has 0 saturated carbocycles. The molecule has 0 saturated heterocycles. The zero-order valence-corrected chi connectivity index (χ0v) is 18.4. The van der Waals surface area contributed by atoms with Crippen molar-refractivity contribution >= 4 is 17.1 Å². The zero-order valence-electron chi connectivity index (χ0n) is 18.4. The lowest BCUT2D eigenvalue weighted by Crippen LogP contribution is -2.21. The number of aromatic amines is 1. The molecule has 1 aromatic heterocycles. The molecule has 1 amide bonds. The lowest BCUT2D eigenvalue weighted by Gasteiger charge is -2.08. The van der Waals surface area contributed by atoms with E-state index in [1.807, 2.05) is 77.1 Å². The fraction of sp³-hybridized carbons (Fsp3) is 0.292. The normalized spacial score (nSPS) is 12.7. The Morgan fingerprint density at radius 3 is 2.41 bits per heavy atom. The predicted octanol–water partition coefficient (Wildman–Crippen LogP) is 4.98. The summed E-state index contributed by atoms with van der Waals surface area (Å²) in [7, 11) is 0. The minimum absolute atomic E-state index is 0.0984. The van der Waals surface area contributed by atoms with Crippen molar-refractivity contribution in [3.63, 3.8) is 0 Å². The number of amides is 1. The van der Waals surface area contributed by atoms with Gasteiger partial charge in [-0.15, -0.1) is 0 Å². The second-order valence-corrected chi connectivity index (χ2v) is 5.89. The minimum atomic E-state index is -0.429. The van der Waals surface area contributed by atoms with Gasteiger partial charge in [0.25, 0.3) is 0 Å². The van der Waals surface area contributed by atoms with Crippen LogP contribution < -0.4 is 11.0 Å². The van der Waals surface area contributed by atoms with E-state index in [9.17, 15) is 9.59 Å². The van der Waals surface area contributed by atoms with Crippen LogP contribution in [0.2, 0.25) is 0 Å². The molecule has 5 nitrogen and oxygen atoms in total. The van der Waals surface area contributed by atoms with Crippen molar-refractivity contribution < 1.29 is 4.79 Å². The summed E-state index contributed by atoms with van der Waals surface area (Å²) in [5.74, 6) is -0.0984. The number of rotatable bonds is 8. The van der Waals surface area contributed by atoms with Crippen molar-refractivity contribution in [1.82, 2.24) is 15.3 Å². The summed E-state index contributed by atoms with van der Waals surface area (Å²) < 4.78 is 0. The van der Waals surface area contributed by atoms with Crippen molar-refractivity contribution in [3.05, 3.63) is 88.7 Å². The fourth-order valence-electron chi connectivity index (χ4n) is 2.29. The third-order valence-electron chi connectivity index (χ3n) is 3.48. The van der Waals surface area contributed by atoms with Gasteiger partial charge in [-0.3, -0.25) is 4.79 Å². The first-order chi connectivity index (χ1) is 13.9. The van der Waals surface area contributed by atoms with Gasteiger partial charge >= 0.3 is 5.69 Å². The summed E-state index contributed by atoms with van der Waals surface area (Å²) in [6.45, 7) is 15.4. The molecule has 0 aromatic carbocycles. The Kier molecular flexibility index (Phi) is 13.2. The first kappa shape index (κ1) is 25.8. The van der Waals surface area contributed by atoms with E-state index < -0.39 is 5.69 Å². The van der Waals surface area contributed by atoms with E-state index in [0.717, 1.165) is 16.7 Å². The molecule has 0 fully saturated rings. The Balaban J connectivity index is 0.00000379. The number of nitrogens with one attached hydrogen (secondary N) is 2. The molecule has 0 bridgehead atoms. The molecule has 1 heterocycles. The van der Waals surface area contributed by atoms with E-state index in [2.05, 4.69) is 21.9 Å². The second-order valence-electron chi connectivity index (χ2n) is 5.89. The summed E-state index contributed by atoms with van der Waals surface area (Å²) in [6.07, 6.45) is 14.9. The van der Waals surface area contributed by atoms with Gasteiger partial charge in [0.05, 0.1) is 11.4 Å². The van der Waals surface area contributed by atoms with Gasteiger partial charge in [-0.1, -0.05) is 74.6 Å². The van der Waals surface area contributed by atoms with Crippen LogP contribution >= 0.6 is 0 Å². The molecule has 156 valence electrons. The van der Waals surface area contributed by atoms with Crippen molar-refractivity contribution in [2.75, 3.05) is 6.54 Å². The summed E-state index contributed by atoms with van der Waals surface area (Å²) in [5, 5.41) is 2.75. The molecule has 0 aliphatic carbocycles. The highest BCUT2D eigenvalue weighted by molar-refractivity contribution is 5.78. The number of aromatic nitrogens is 2. The number of carbonyl (C=O) groups excluding carboxylic acids is 1. The lowest BCUT2D eigenvalue weighted by atomic mass is 10.0. The van der Waals surface area contributed by atoms with Gasteiger partial charge in [-0.25, -0.2) is 4.79 Å². The quantitative estimate of drug-likeness (QED) is 0.609. The number of nitrogens with zero attached hydrogens (tertiary/aromatic N) is 1. The van der Waals surface area contributed by atoms with Crippen LogP contribution in [0.3, 0.4) is 0 Å². The van der Waals surface area contributed by atoms with Gasteiger partial charge in [-0.2, -0.15) is 4.98 Å². The SMILES string of the molecule is C=C/C=C(\C=C(/C)CNC(C)=O)c1cc(C(/C=C\C)=C/C=C\C)[nH]c(=O)n1.CC. The number of carbonyl (C=O) groups is 1. The van der Waals surface area contributed by atoms with E-state index in [-0.39, 0.29) is 5.91 Å². The van der Waals surface area contributed by atoms with Crippen molar-refractivity contribution in [1.29, 1.82) is 0 Å². The Morgan fingerprint density at radius 1 is 1.17 bits per heavy atom. The molecule has 1 aromatic rings. The van der Waals surface area contributed by atoms with Gasteiger partial charge in [0.1, 0.15) is 0 Å². The monoisotopic (exact) mass is 395 g/mol. The van der Waals surface area contributed by atoms with E-state index in [0.29, 0.717) is 17.9 Å². The first-order valence-corrected chi connectivity index (χ1v) is 9.73. The molecule has 29 heavy (non-hydrogen) atoms. The minimum Gasteiger partial charge on any atom is -0.353 e. The average Bonchev–Trinajstić information content (AvgIpc) is 2.70. The van der Waals surface area contributed by atoms with Gasteiger partial charge in [-0.05, 0) is 32.4 Å². The highest BCUT2D eigenvalue weighted by Gasteiger charge is 2.07. The molecule has 0 aliphatic heterocycles. The summed E-state index contributed by atoms with van der Waals surface area (Å²) in [5.41, 5.74) is 3.32. The molecular formula is C24H33N3O2. The van der Waals surface area contributed by atoms with Crippen LogP contribution in [0, 0.1) is 0 Å². The Labute approximate surface area is 174 Å². The van der Waals surface area contributed by atoms with Crippen LogP contribution in [0.4, 0.5) is 0 Å². The number of H-pyrrole nitrogens is 1. The molecule has 0 spiro atoms. The van der Waals surface area contributed by atoms with Crippen molar-refractivity contribution in [2.24, 2.45) is 0 Å². The zero-order chi connectivity index (χ0) is 22.2. The standard InChI is InChI=1S/C22H27N3O2.C2H6/c1-6-9-12-18(10-7-2)20-14-21(25-22(27)24-20)19(11-8-3)13-16(4)15-23-17(5)26;1-2/h6-14H,3,15H2,1-2,4-5H3,(H,23,26)(H,24,25,27);1-2H3/b9-6-,10-7-,16-13+,18-12+,19-11+;. The summed E-state index contributed by atoms with van der Waals surface area (Å²) in [6, 6.07) is 1.83. The Morgan fingerprint density at radius 2 is 1.86 bits per heavy atom. The lowest BCUT2D eigenvalue weighted by molar-refractivity contribution is -0.118. The van der Waals surface area contributed by atoms with Gasteiger partial charge in [0.15, 0.2) is 0 Å². The molecule has 0 aliphatic rings. The molecule has 0 radical (unpaired) electrons. The van der Waals surface area contributed by atoms with E-state index >= 15 is 0 Å². The third-order valence-corrected chi connectivity index (χ3v) is 3.48. The molecule has 5 heteroatoms. The smallest absolute Gasteiger partial charge is 0.345 e. The van der Waals surface area contributed by atoms with Crippen molar-refractivity contribution in [3.8, 4) is 0 Å². The predicted molar refractivity (Wildman–Crippen MR) is 124 cm³/mol. The van der Waals surface area contributed by atoms with E-state index in [1.54, 1.807) is 12.2 Å². The average molecular weight is 396 g/mol. The topological polar surface area (TPSA) is 74.8 Å². The van der Waals surface area contributed by atoms with Gasteiger partial charge in [0, 0.05) is 19.0 Å².